The monoisotopic (exact) mass is 381 g/mol. The molecule has 2 aromatic carbocycles. The van der Waals surface area contributed by atoms with Crippen LogP contribution in [0, 0.1) is 0 Å². The van der Waals surface area contributed by atoms with E-state index in [9.17, 15) is 9.59 Å². The van der Waals surface area contributed by atoms with Crippen LogP contribution in [-0.2, 0) is 9.53 Å². The third kappa shape index (κ3) is 4.15. The lowest BCUT2D eigenvalue weighted by atomic mass is 10.2. The summed E-state index contributed by atoms with van der Waals surface area (Å²) in [4.78, 5) is 24.3. The highest BCUT2D eigenvalue weighted by Gasteiger charge is 2.22. The van der Waals surface area contributed by atoms with Gasteiger partial charge in [-0.25, -0.2) is 4.79 Å². The first-order valence-corrected chi connectivity index (χ1v) is 8.05. The van der Waals surface area contributed by atoms with E-state index in [-0.39, 0.29) is 12.4 Å². The zero-order chi connectivity index (χ0) is 18.0. The van der Waals surface area contributed by atoms with Crippen LogP contribution < -0.4 is 14.8 Å². The van der Waals surface area contributed by atoms with Gasteiger partial charge >= 0.3 is 5.97 Å². The fourth-order valence-electron chi connectivity index (χ4n) is 2.18. The second-order valence-corrected chi connectivity index (χ2v) is 6.14. The number of ether oxygens (including phenoxy) is 3. The van der Waals surface area contributed by atoms with Gasteiger partial charge in [0.1, 0.15) is 0 Å². The molecule has 1 amide bonds. The second kappa shape index (κ2) is 7.21. The second-order valence-electron chi connectivity index (χ2n) is 5.26. The maximum absolute atomic E-state index is 12.2. The molecule has 0 bridgehead atoms. The number of fused-ring (bicyclic) bond motifs is 1. The van der Waals surface area contributed by atoms with Crippen molar-refractivity contribution in [3.8, 4) is 11.5 Å². The van der Waals surface area contributed by atoms with Gasteiger partial charge in [0.2, 0.25) is 6.79 Å². The molecule has 1 heterocycles. The molecule has 0 saturated heterocycles. The molecule has 130 valence electrons. The summed E-state index contributed by atoms with van der Waals surface area (Å²) in [7, 11) is 0. The molecule has 3 rings (SSSR count). The fourth-order valence-corrected chi connectivity index (χ4v) is 2.70. The summed E-state index contributed by atoms with van der Waals surface area (Å²) < 4.78 is 15.6. The van der Waals surface area contributed by atoms with Crippen LogP contribution in [0.3, 0.4) is 0 Å². The first-order chi connectivity index (χ1) is 11.9. The van der Waals surface area contributed by atoms with Crippen molar-refractivity contribution in [2.24, 2.45) is 0 Å². The average molecular weight is 382 g/mol. The Morgan fingerprint density at radius 3 is 2.48 bits per heavy atom. The molecule has 1 N–H and O–H groups in total. The predicted molar refractivity (Wildman–Crippen MR) is 92.5 cm³/mol. The number of esters is 1. The number of carbonyl (C=O) groups excluding carboxylic acids is 2. The van der Waals surface area contributed by atoms with Crippen molar-refractivity contribution in [2.45, 2.75) is 13.0 Å². The zero-order valence-corrected chi connectivity index (χ0v) is 14.6. The Balaban J connectivity index is 1.63. The quantitative estimate of drug-likeness (QED) is 0.812. The van der Waals surface area contributed by atoms with Crippen molar-refractivity contribution in [1.29, 1.82) is 0 Å². The zero-order valence-electron chi connectivity index (χ0n) is 13.0. The SMILES string of the molecule is C[C@@H](OC(=O)c1ccc2c(c1)OCO2)C(=O)Nc1cc(Cl)cc(Cl)c1. The van der Waals surface area contributed by atoms with Crippen LogP contribution in [-0.4, -0.2) is 24.8 Å². The van der Waals surface area contributed by atoms with Crippen molar-refractivity contribution in [3.05, 3.63) is 52.0 Å². The Labute approximate surface area is 153 Å². The number of anilines is 1. The van der Waals surface area contributed by atoms with Gasteiger partial charge in [-0.3, -0.25) is 4.79 Å². The molecule has 2 aromatic rings. The highest BCUT2D eigenvalue weighted by molar-refractivity contribution is 6.35. The smallest absolute Gasteiger partial charge is 0.339 e. The van der Waals surface area contributed by atoms with Crippen LogP contribution in [0.15, 0.2) is 36.4 Å². The molecule has 25 heavy (non-hydrogen) atoms. The Morgan fingerprint density at radius 1 is 1.08 bits per heavy atom. The van der Waals surface area contributed by atoms with Crippen LogP contribution in [0.2, 0.25) is 10.0 Å². The minimum absolute atomic E-state index is 0.106. The molecular weight excluding hydrogens is 369 g/mol. The number of rotatable bonds is 4. The number of halogens is 2. The highest BCUT2D eigenvalue weighted by atomic mass is 35.5. The number of nitrogens with one attached hydrogen (secondary N) is 1. The van der Waals surface area contributed by atoms with Gasteiger partial charge in [-0.05, 0) is 43.3 Å². The fraction of sp³-hybridized carbons (Fsp3) is 0.176. The molecule has 0 fully saturated rings. The van der Waals surface area contributed by atoms with Gasteiger partial charge in [-0.2, -0.15) is 0 Å². The molecular formula is C17H13Cl2NO5. The molecule has 6 nitrogen and oxygen atoms in total. The molecule has 0 unspecified atom stereocenters. The van der Waals surface area contributed by atoms with E-state index in [2.05, 4.69) is 5.32 Å². The summed E-state index contributed by atoms with van der Waals surface area (Å²) in [5.41, 5.74) is 0.670. The van der Waals surface area contributed by atoms with Crippen molar-refractivity contribution < 1.29 is 23.8 Å². The van der Waals surface area contributed by atoms with Gasteiger partial charge in [-0.15, -0.1) is 0 Å². The van der Waals surface area contributed by atoms with E-state index in [4.69, 9.17) is 37.4 Å². The van der Waals surface area contributed by atoms with Crippen molar-refractivity contribution in [3.63, 3.8) is 0 Å². The number of carbonyl (C=O) groups is 2. The van der Waals surface area contributed by atoms with Gasteiger partial charge in [-0.1, -0.05) is 23.2 Å². The molecule has 0 aliphatic carbocycles. The molecule has 1 aliphatic heterocycles. The normalized spacial score (nSPS) is 13.2. The van der Waals surface area contributed by atoms with Crippen molar-refractivity contribution in [1.82, 2.24) is 0 Å². The van der Waals surface area contributed by atoms with E-state index < -0.39 is 18.0 Å². The summed E-state index contributed by atoms with van der Waals surface area (Å²) in [6.07, 6.45) is -1.02. The van der Waals surface area contributed by atoms with E-state index in [1.807, 2.05) is 0 Å². The molecule has 1 atom stereocenters. The molecule has 8 heteroatoms. The minimum atomic E-state index is -1.02. The summed E-state index contributed by atoms with van der Waals surface area (Å²) in [5.74, 6) is -0.141. The van der Waals surface area contributed by atoms with Crippen LogP contribution >= 0.6 is 23.2 Å². The molecule has 0 spiro atoms. The molecule has 1 aliphatic rings. The van der Waals surface area contributed by atoms with E-state index >= 15 is 0 Å². The summed E-state index contributed by atoms with van der Waals surface area (Å²) in [6, 6.07) is 9.28. The van der Waals surface area contributed by atoms with Gasteiger partial charge in [0.15, 0.2) is 17.6 Å². The van der Waals surface area contributed by atoms with Crippen LogP contribution in [0.5, 0.6) is 11.5 Å². The highest BCUT2D eigenvalue weighted by Crippen LogP contribution is 2.32. The Morgan fingerprint density at radius 2 is 1.76 bits per heavy atom. The van der Waals surface area contributed by atoms with Crippen molar-refractivity contribution >= 4 is 40.8 Å². The van der Waals surface area contributed by atoms with E-state index in [1.165, 1.54) is 31.2 Å². The first-order valence-electron chi connectivity index (χ1n) is 7.30. The largest absolute Gasteiger partial charge is 0.454 e. The number of amides is 1. The van der Waals surface area contributed by atoms with Gasteiger partial charge in [0.25, 0.3) is 5.91 Å². The van der Waals surface area contributed by atoms with Gasteiger partial charge < -0.3 is 19.5 Å². The lowest BCUT2D eigenvalue weighted by Gasteiger charge is -2.14. The van der Waals surface area contributed by atoms with Crippen LogP contribution in [0.1, 0.15) is 17.3 Å². The molecule has 0 saturated carbocycles. The standard InChI is InChI=1S/C17H13Cl2NO5/c1-9(16(21)20-13-6-11(18)5-12(19)7-13)25-17(22)10-2-3-14-15(4-10)24-8-23-14/h2-7,9H,8H2,1H3,(H,20,21)/t9-/m1/s1. The van der Waals surface area contributed by atoms with E-state index in [0.717, 1.165) is 0 Å². The lowest BCUT2D eigenvalue weighted by molar-refractivity contribution is -0.123. The summed E-state index contributed by atoms with van der Waals surface area (Å²) in [6.45, 7) is 1.57. The van der Waals surface area contributed by atoms with Crippen LogP contribution in [0.4, 0.5) is 5.69 Å². The van der Waals surface area contributed by atoms with Crippen LogP contribution in [0.25, 0.3) is 0 Å². The van der Waals surface area contributed by atoms with Crippen molar-refractivity contribution in [2.75, 3.05) is 12.1 Å². The third-order valence-corrected chi connectivity index (χ3v) is 3.83. The Bertz CT molecular complexity index is 820. The topological polar surface area (TPSA) is 73.9 Å². The van der Waals surface area contributed by atoms with E-state index in [1.54, 1.807) is 12.1 Å². The molecule has 0 radical (unpaired) electrons. The molecule has 0 aromatic heterocycles. The summed E-state index contributed by atoms with van der Waals surface area (Å²) in [5, 5.41) is 3.36. The maximum atomic E-state index is 12.2. The Kier molecular flexibility index (Phi) is 5.01. The number of hydrogen-bond acceptors (Lipinski definition) is 5. The van der Waals surface area contributed by atoms with Gasteiger partial charge in [0, 0.05) is 15.7 Å². The van der Waals surface area contributed by atoms with E-state index in [0.29, 0.717) is 27.2 Å². The first kappa shape index (κ1) is 17.4. The predicted octanol–water partition coefficient (Wildman–Crippen LogP) is 3.91. The maximum Gasteiger partial charge on any atom is 0.339 e. The lowest BCUT2D eigenvalue weighted by Crippen LogP contribution is -2.30. The number of benzene rings is 2. The van der Waals surface area contributed by atoms with Gasteiger partial charge in [0.05, 0.1) is 5.56 Å². The summed E-state index contributed by atoms with van der Waals surface area (Å²) >= 11 is 11.8. The Hall–Kier alpha value is -2.44. The third-order valence-electron chi connectivity index (χ3n) is 3.39. The number of hydrogen-bond donors (Lipinski definition) is 1. The minimum Gasteiger partial charge on any atom is -0.454 e. The average Bonchev–Trinajstić information content (AvgIpc) is 3.01.